The predicted octanol–water partition coefficient (Wildman–Crippen LogP) is 3.90. The number of aliphatic hydroxyl groups is 1. The fraction of sp³-hybridized carbons (Fsp3) is 0.333. The van der Waals surface area contributed by atoms with Crippen LogP contribution >= 0.6 is 0 Å². The van der Waals surface area contributed by atoms with Gasteiger partial charge in [0.25, 0.3) is 0 Å². The molecule has 0 heterocycles. The van der Waals surface area contributed by atoms with Crippen LogP contribution in [0.15, 0.2) is 36.4 Å². The monoisotopic (exact) mass is 270 g/mol. The highest BCUT2D eigenvalue weighted by Crippen LogP contribution is 2.25. The lowest BCUT2D eigenvalue weighted by molar-refractivity contribution is 0.178. The molecule has 1 unspecified atom stereocenters. The minimum Gasteiger partial charge on any atom is -0.496 e. The lowest BCUT2D eigenvalue weighted by Gasteiger charge is -2.14. The molecule has 106 valence electrons. The van der Waals surface area contributed by atoms with E-state index in [-0.39, 0.29) is 0 Å². The molecule has 2 heteroatoms. The first-order valence-electron chi connectivity index (χ1n) is 6.89. The van der Waals surface area contributed by atoms with Gasteiger partial charge < -0.3 is 9.84 Å². The van der Waals surface area contributed by atoms with E-state index in [4.69, 9.17) is 4.74 Å². The fourth-order valence-electron chi connectivity index (χ4n) is 2.57. The van der Waals surface area contributed by atoms with Crippen molar-refractivity contribution in [2.45, 2.75) is 33.3 Å². The van der Waals surface area contributed by atoms with Crippen molar-refractivity contribution < 1.29 is 9.84 Å². The second kappa shape index (κ2) is 6.10. The third-order valence-corrected chi connectivity index (χ3v) is 3.53. The number of ether oxygens (including phenoxy) is 1. The van der Waals surface area contributed by atoms with E-state index in [0.717, 1.165) is 22.4 Å². The van der Waals surface area contributed by atoms with Gasteiger partial charge in [-0.15, -0.1) is 0 Å². The number of methoxy groups -OCH3 is 1. The maximum absolute atomic E-state index is 10.4. The number of benzene rings is 2. The standard InChI is InChI=1S/C18H22O2/c1-12-7-13(2)9-15(8-12)10-17(19)16-6-5-14(3)18(11-16)20-4/h5-9,11,17,19H,10H2,1-4H3. The zero-order chi connectivity index (χ0) is 14.7. The molecule has 2 nitrogen and oxygen atoms in total. The van der Waals surface area contributed by atoms with Crippen LogP contribution in [0.1, 0.15) is 33.9 Å². The number of hydrogen-bond acceptors (Lipinski definition) is 2. The molecule has 0 amide bonds. The molecule has 0 bridgehead atoms. The Bertz CT molecular complexity index is 582. The van der Waals surface area contributed by atoms with Gasteiger partial charge in [-0.2, -0.15) is 0 Å². The van der Waals surface area contributed by atoms with Crippen LogP contribution in [0.5, 0.6) is 5.75 Å². The van der Waals surface area contributed by atoms with Crippen LogP contribution in [-0.2, 0) is 6.42 Å². The van der Waals surface area contributed by atoms with E-state index in [1.807, 2.05) is 25.1 Å². The Morgan fingerprint density at radius 1 is 1.00 bits per heavy atom. The van der Waals surface area contributed by atoms with Gasteiger partial charge in [0, 0.05) is 6.42 Å². The summed E-state index contributed by atoms with van der Waals surface area (Å²) in [6.45, 7) is 6.16. The third-order valence-electron chi connectivity index (χ3n) is 3.53. The van der Waals surface area contributed by atoms with Crippen LogP contribution in [0.4, 0.5) is 0 Å². The van der Waals surface area contributed by atoms with E-state index < -0.39 is 6.10 Å². The van der Waals surface area contributed by atoms with Gasteiger partial charge in [-0.1, -0.05) is 41.5 Å². The molecule has 2 aromatic carbocycles. The summed E-state index contributed by atoms with van der Waals surface area (Å²) in [7, 11) is 1.66. The van der Waals surface area contributed by atoms with Gasteiger partial charge in [-0.05, 0) is 43.5 Å². The van der Waals surface area contributed by atoms with Crippen molar-refractivity contribution >= 4 is 0 Å². The average Bonchev–Trinajstić information content (AvgIpc) is 2.37. The Labute approximate surface area is 121 Å². The molecule has 0 spiro atoms. The highest BCUT2D eigenvalue weighted by molar-refractivity contribution is 5.38. The second-order valence-corrected chi connectivity index (χ2v) is 5.44. The summed E-state index contributed by atoms with van der Waals surface area (Å²) in [5.41, 5.74) is 5.60. The Morgan fingerprint density at radius 2 is 1.65 bits per heavy atom. The fourth-order valence-corrected chi connectivity index (χ4v) is 2.57. The van der Waals surface area contributed by atoms with Gasteiger partial charge in [0.1, 0.15) is 5.75 Å². The van der Waals surface area contributed by atoms with Crippen molar-refractivity contribution in [2.24, 2.45) is 0 Å². The molecule has 0 aliphatic heterocycles. The zero-order valence-corrected chi connectivity index (χ0v) is 12.6. The van der Waals surface area contributed by atoms with E-state index in [9.17, 15) is 5.11 Å². The van der Waals surface area contributed by atoms with Crippen LogP contribution in [-0.4, -0.2) is 12.2 Å². The Balaban J connectivity index is 2.21. The van der Waals surface area contributed by atoms with Gasteiger partial charge in [-0.3, -0.25) is 0 Å². The molecule has 0 fully saturated rings. The molecule has 0 radical (unpaired) electrons. The molecule has 0 saturated heterocycles. The SMILES string of the molecule is COc1cc(C(O)Cc2cc(C)cc(C)c2)ccc1C. The van der Waals surface area contributed by atoms with Gasteiger partial charge >= 0.3 is 0 Å². The van der Waals surface area contributed by atoms with Gasteiger partial charge in [0.15, 0.2) is 0 Å². The maximum atomic E-state index is 10.4. The van der Waals surface area contributed by atoms with Crippen LogP contribution in [0.3, 0.4) is 0 Å². The topological polar surface area (TPSA) is 29.5 Å². The van der Waals surface area contributed by atoms with E-state index >= 15 is 0 Å². The lowest BCUT2D eigenvalue weighted by atomic mass is 9.98. The zero-order valence-electron chi connectivity index (χ0n) is 12.6. The summed E-state index contributed by atoms with van der Waals surface area (Å²) in [6.07, 6.45) is 0.111. The summed E-state index contributed by atoms with van der Waals surface area (Å²) in [5, 5.41) is 10.4. The molecular formula is C18H22O2. The highest BCUT2D eigenvalue weighted by atomic mass is 16.5. The number of rotatable bonds is 4. The largest absolute Gasteiger partial charge is 0.496 e. The highest BCUT2D eigenvalue weighted by Gasteiger charge is 2.11. The summed E-state index contributed by atoms with van der Waals surface area (Å²) in [4.78, 5) is 0. The van der Waals surface area contributed by atoms with Crippen molar-refractivity contribution in [3.05, 3.63) is 64.2 Å². The van der Waals surface area contributed by atoms with E-state index in [0.29, 0.717) is 6.42 Å². The lowest BCUT2D eigenvalue weighted by Crippen LogP contribution is -2.03. The van der Waals surface area contributed by atoms with Gasteiger partial charge in [0.2, 0.25) is 0 Å². The minimum atomic E-state index is -0.509. The summed E-state index contributed by atoms with van der Waals surface area (Å²) in [6, 6.07) is 12.3. The quantitative estimate of drug-likeness (QED) is 0.913. The predicted molar refractivity (Wildman–Crippen MR) is 82.3 cm³/mol. The van der Waals surface area contributed by atoms with Crippen LogP contribution < -0.4 is 4.74 Å². The Kier molecular flexibility index (Phi) is 4.46. The molecular weight excluding hydrogens is 248 g/mol. The average molecular weight is 270 g/mol. The molecule has 0 aliphatic rings. The number of aryl methyl sites for hydroxylation is 3. The molecule has 0 aliphatic carbocycles. The molecule has 0 saturated carbocycles. The van der Waals surface area contributed by atoms with Crippen LogP contribution in [0, 0.1) is 20.8 Å². The van der Waals surface area contributed by atoms with E-state index in [2.05, 4.69) is 32.0 Å². The number of aliphatic hydroxyl groups excluding tert-OH is 1. The molecule has 2 rings (SSSR count). The molecule has 2 aromatic rings. The molecule has 1 N–H and O–H groups in total. The molecule has 1 atom stereocenters. The van der Waals surface area contributed by atoms with Gasteiger partial charge in [-0.25, -0.2) is 0 Å². The normalized spacial score (nSPS) is 12.2. The van der Waals surface area contributed by atoms with Crippen LogP contribution in [0.2, 0.25) is 0 Å². The van der Waals surface area contributed by atoms with Crippen molar-refractivity contribution in [2.75, 3.05) is 7.11 Å². The Hall–Kier alpha value is -1.80. The first-order valence-corrected chi connectivity index (χ1v) is 6.89. The van der Waals surface area contributed by atoms with Crippen molar-refractivity contribution in [3.63, 3.8) is 0 Å². The van der Waals surface area contributed by atoms with Crippen molar-refractivity contribution in [3.8, 4) is 5.75 Å². The Morgan fingerprint density at radius 3 is 2.25 bits per heavy atom. The summed E-state index contributed by atoms with van der Waals surface area (Å²) >= 11 is 0. The summed E-state index contributed by atoms with van der Waals surface area (Å²) < 4.78 is 5.31. The molecule has 0 aromatic heterocycles. The van der Waals surface area contributed by atoms with E-state index in [1.165, 1.54) is 11.1 Å². The van der Waals surface area contributed by atoms with Crippen LogP contribution in [0.25, 0.3) is 0 Å². The second-order valence-electron chi connectivity index (χ2n) is 5.44. The minimum absolute atomic E-state index is 0.509. The number of hydrogen-bond donors (Lipinski definition) is 1. The van der Waals surface area contributed by atoms with Crippen molar-refractivity contribution in [1.82, 2.24) is 0 Å². The summed E-state index contributed by atoms with van der Waals surface area (Å²) in [5.74, 6) is 0.821. The molecule has 20 heavy (non-hydrogen) atoms. The first kappa shape index (κ1) is 14.6. The van der Waals surface area contributed by atoms with E-state index in [1.54, 1.807) is 7.11 Å². The smallest absolute Gasteiger partial charge is 0.122 e. The van der Waals surface area contributed by atoms with Crippen molar-refractivity contribution in [1.29, 1.82) is 0 Å². The third kappa shape index (κ3) is 3.40. The maximum Gasteiger partial charge on any atom is 0.122 e. The first-order chi connectivity index (χ1) is 9.49. The van der Waals surface area contributed by atoms with Gasteiger partial charge in [0.05, 0.1) is 13.2 Å².